The van der Waals surface area contributed by atoms with Gasteiger partial charge in [-0.15, -0.1) is 0 Å². The summed E-state index contributed by atoms with van der Waals surface area (Å²) in [6, 6.07) is 3.20. The molecule has 9 heteroatoms. The molecule has 3 heterocycles. The van der Waals surface area contributed by atoms with E-state index in [4.69, 9.17) is 0 Å². The highest BCUT2D eigenvalue weighted by Crippen LogP contribution is 2.17. The highest BCUT2D eigenvalue weighted by atomic mass is 16.2. The van der Waals surface area contributed by atoms with Crippen LogP contribution in [0.25, 0.3) is 0 Å². The van der Waals surface area contributed by atoms with Crippen LogP contribution >= 0.6 is 0 Å². The zero-order chi connectivity index (χ0) is 19.0. The van der Waals surface area contributed by atoms with E-state index < -0.39 is 5.69 Å². The fraction of sp³-hybridized carbons (Fsp3) is 0.556. The molecule has 9 nitrogen and oxygen atoms in total. The van der Waals surface area contributed by atoms with Crippen molar-refractivity contribution in [3.63, 3.8) is 0 Å². The first kappa shape index (κ1) is 17.7. The summed E-state index contributed by atoms with van der Waals surface area (Å²) in [5.41, 5.74) is 1.44. The van der Waals surface area contributed by atoms with Gasteiger partial charge in [-0.1, -0.05) is 0 Å². The molecule has 1 saturated heterocycles. The predicted molar refractivity (Wildman–Crippen MR) is 101 cm³/mol. The van der Waals surface area contributed by atoms with Crippen LogP contribution in [-0.4, -0.2) is 57.0 Å². The lowest BCUT2D eigenvalue weighted by atomic mass is 10.2. The molecular formula is C18H24N6O3. The van der Waals surface area contributed by atoms with Crippen LogP contribution in [0, 0.1) is 0 Å². The summed E-state index contributed by atoms with van der Waals surface area (Å²) in [4.78, 5) is 42.8. The molecule has 0 spiro atoms. The second kappa shape index (κ2) is 7.15. The van der Waals surface area contributed by atoms with Crippen LogP contribution in [0.1, 0.15) is 17.7 Å². The molecule has 0 radical (unpaired) electrons. The summed E-state index contributed by atoms with van der Waals surface area (Å²) in [6.45, 7) is 4.38. The molecule has 1 fully saturated rings. The number of aromatic amines is 1. The van der Waals surface area contributed by atoms with Crippen molar-refractivity contribution in [1.82, 2.24) is 24.2 Å². The number of hydrogen-bond acceptors (Lipinski definition) is 6. The molecule has 27 heavy (non-hydrogen) atoms. The fourth-order valence-corrected chi connectivity index (χ4v) is 3.76. The van der Waals surface area contributed by atoms with E-state index in [1.807, 2.05) is 4.90 Å². The normalized spacial score (nSPS) is 17.3. The van der Waals surface area contributed by atoms with Gasteiger partial charge in [-0.3, -0.25) is 24.0 Å². The summed E-state index contributed by atoms with van der Waals surface area (Å²) >= 11 is 0. The highest BCUT2D eigenvalue weighted by molar-refractivity contribution is 5.37. The Bertz CT molecular complexity index is 982. The molecule has 1 N–H and O–H groups in total. The Morgan fingerprint density at radius 3 is 2.52 bits per heavy atom. The molecule has 1 aliphatic heterocycles. The number of hydrogen-bond donors (Lipinski definition) is 1. The third kappa shape index (κ3) is 3.59. The van der Waals surface area contributed by atoms with Gasteiger partial charge in [0.05, 0.1) is 12.2 Å². The van der Waals surface area contributed by atoms with Gasteiger partial charge < -0.3 is 4.90 Å². The lowest BCUT2D eigenvalue weighted by molar-refractivity contribution is 0.242. The average Bonchev–Trinajstić information content (AvgIpc) is 3.11. The zero-order valence-electron chi connectivity index (χ0n) is 15.5. The van der Waals surface area contributed by atoms with Gasteiger partial charge in [0.15, 0.2) is 0 Å². The lowest BCUT2D eigenvalue weighted by Gasteiger charge is -2.35. The van der Waals surface area contributed by atoms with E-state index in [-0.39, 0.29) is 11.1 Å². The smallest absolute Gasteiger partial charge is 0.329 e. The van der Waals surface area contributed by atoms with E-state index in [9.17, 15) is 14.4 Å². The van der Waals surface area contributed by atoms with Gasteiger partial charge in [-0.2, -0.15) is 5.10 Å². The Labute approximate surface area is 155 Å². The first-order valence-electron chi connectivity index (χ1n) is 9.39. The Hall–Kier alpha value is -2.68. The lowest BCUT2D eigenvalue weighted by Crippen LogP contribution is -2.49. The zero-order valence-corrected chi connectivity index (χ0v) is 15.5. The van der Waals surface area contributed by atoms with Crippen molar-refractivity contribution in [2.45, 2.75) is 25.8 Å². The number of nitrogens with zero attached hydrogens (tertiary/aromatic N) is 5. The van der Waals surface area contributed by atoms with Gasteiger partial charge in [0, 0.05) is 51.9 Å². The number of rotatable bonds is 4. The minimum absolute atomic E-state index is 0.0213. The number of anilines is 1. The summed E-state index contributed by atoms with van der Waals surface area (Å²) in [5.74, 6) is 0.569. The average molecular weight is 372 g/mol. The quantitative estimate of drug-likeness (QED) is 0.735. The van der Waals surface area contributed by atoms with Crippen LogP contribution in [0.5, 0.6) is 0 Å². The molecule has 4 rings (SSSR count). The van der Waals surface area contributed by atoms with Crippen molar-refractivity contribution in [3.05, 3.63) is 54.6 Å². The number of aryl methyl sites for hydroxylation is 2. The number of aromatic nitrogens is 4. The van der Waals surface area contributed by atoms with E-state index >= 15 is 0 Å². The van der Waals surface area contributed by atoms with Crippen molar-refractivity contribution < 1.29 is 0 Å². The number of fused-ring (bicyclic) bond motifs is 1. The van der Waals surface area contributed by atoms with Crippen molar-refractivity contribution in [2.24, 2.45) is 7.05 Å². The topological polar surface area (TPSA) is 96.2 Å². The maximum atomic E-state index is 12.2. The van der Waals surface area contributed by atoms with Crippen LogP contribution in [0.15, 0.2) is 26.5 Å². The second-order valence-corrected chi connectivity index (χ2v) is 7.22. The maximum absolute atomic E-state index is 12.2. The minimum Gasteiger partial charge on any atom is -0.355 e. The molecule has 2 aromatic heterocycles. The summed E-state index contributed by atoms with van der Waals surface area (Å²) in [7, 11) is 1.46. The Morgan fingerprint density at radius 2 is 1.78 bits per heavy atom. The van der Waals surface area contributed by atoms with Gasteiger partial charge in [-0.25, -0.2) is 9.48 Å². The molecule has 1 aliphatic carbocycles. The van der Waals surface area contributed by atoms with Crippen molar-refractivity contribution in [3.8, 4) is 0 Å². The summed E-state index contributed by atoms with van der Waals surface area (Å²) < 4.78 is 2.63. The minimum atomic E-state index is -0.401. The number of nitrogens with one attached hydrogen (secondary N) is 1. The molecular weight excluding hydrogens is 348 g/mol. The maximum Gasteiger partial charge on any atom is 0.329 e. The van der Waals surface area contributed by atoms with Crippen molar-refractivity contribution in [1.29, 1.82) is 0 Å². The third-order valence-corrected chi connectivity index (χ3v) is 5.50. The monoisotopic (exact) mass is 372 g/mol. The van der Waals surface area contributed by atoms with E-state index in [1.165, 1.54) is 13.1 Å². The van der Waals surface area contributed by atoms with Crippen LogP contribution in [-0.2, 0) is 26.4 Å². The van der Waals surface area contributed by atoms with Gasteiger partial charge >= 0.3 is 5.69 Å². The molecule has 0 aromatic carbocycles. The van der Waals surface area contributed by atoms with Crippen LogP contribution in [0.2, 0.25) is 0 Å². The molecule has 0 saturated carbocycles. The molecule has 0 unspecified atom stereocenters. The Balaban J connectivity index is 1.36. The molecule has 0 atom stereocenters. The SMILES string of the molecule is Cn1c(=O)cc(N2CCN(CCn3nc4c(cc3=O)CCC4)CC2)[nH]c1=O. The van der Waals surface area contributed by atoms with E-state index in [2.05, 4.69) is 15.0 Å². The summed E-state index contributed by atoms with van der Waals surface area (Å²) in [5, 5.41) is 4.52. The number of piperazine rings is 1. The van der Waals surface area contributed by atoms with Crippen molar-refractivity contribution in [2.75, 3.05) is 37.6 Å². The molecule has 0 bridgehead atoms. The van der Waals surface area contributed by atoms with Gasteiger partial charge in [0.1, 0.15) is 5.82 Å². The fourth-order valence-electron chi connectivity index (χ4n) is 3.76. The molecule has 0 amide bonds. The molecule has 2 aliphatic rings. The Morgan fingerprint density at radius 1 is 1.00 bits per heavy atom. The van der Waals surface area contributed by atoms with Gasteiger partial charge in [-0.05, 0) is 24.8 Å². The standard InChI is InChI=1S/C18H24N6O3/c1-21-16(25)12-15(19-18(21)27)23-8-5-22(6-9-23)7-10-24-17(26)11-13-3-2-4-14(13)20-24/h11-12H,2-10H2,1H3,(H,19,27). The largest absolute Gasteiger partial charge is 0.355 e. The summed E-state index contributed by atoms with van der Waals surface area (Å²) in [6.07, 6.45) is 3.01. The number of H-pyrrole nitrogens is 1. The third-order valence-electron chi connectivity index (χ3n) is 5.50. The van der Waals surface area contributed by atoms with Crippen molar-refractivity contribution >= 4 is 5.82 Å². The van der Waals surface area contributed by atoms with E-state index in [0.717, 1.165) is 67.8 Å². The molecule has 2 aromatic rings. The van der Waals surface area contributed by atoms with Crippen LogP contribution in [0.3, 0.4) is 0 Å². The van der Waals surface area contributed by atoms with Crippen LogP contribution < -0.4 is 21.7 Å². The van der Waals surface area contributed by atoms with Crippen LogP contribution in [0.4, 0.5) is 5.82 Å². The van der Waals surface area contributed by atoms with E-state index in [0.29, 0.717) is 12.4 Å². The van der Waals surface area contributed by atoms with E-state index in [1.54, 1.807) is 10.7 Å². The van der Waals surface area contributed by atoms with Gasteiger partial charge in [0.25, 0.3) is 11.1 Å². The predicted octanol–water partition coefficient (Wildman–Crippen LogP) is -1.06. The second-order valence-electron chi connectivity index (χ2n) is 7.22. The first-order chi connectivity index (χ1) is 13.0. The molecule has 144 valence electrons. The first-order valence-corrected chi connectivity index (χ1v) is 9.39. The highest BCUT2D eigenvalue weighted by Gasteiger charge is 2.19. The Kier molecular flexibility index (Phi) is 4.69. The van der Waals surface area contributed by atoms with Gasteiger partial charge in [0.2, 0.25) is 0 Å².